The maximum absolute atomic E-state index is 13.9. The van der Waals surface area contributed by atoms with E-state index >= 15 is 0 Å². The highest BCUT2D eigenvalue weighted by molar-refractivity contribution is 5.96. The molecule has 0 aromatic heterocycles. The summed E-state index contributed by atoms with van der Waals surface area (Å²) in [5.74, 6) is -5.64. The summed E-state index contributed by atoms with van der Waals surface area (Å²) in [6.07, 6.45) is 2.46. The second-order valence-electron chi connectivity index (χ2n) is 12.9. The number of ketones is 2. The second kappa shape index (κ2) is 22.1. The standard InChI is InChI=1S/C37H53N5O9/c1-3-4-7-30(40-23(2)44)33(47)20-26(18-24-9-13-28(45)14-10-24)36(50)41-31(8-5-6-17-38)34(48)21-27(22-43)37(51)42-32(35(39)49)19-25-11-15-29(46)16-12-25/h9-16,26-27,30-32,43,45-46H,3-8,17-22,38H2,1-2H3,(H2,39,49)(H,40,44)(H,41,50)(H,42,51)/t26-,27+,30-,31+,32?/m0/s1. The van der Waals surface area contributed by atoms with Gasteiger partial charge in [-0.3, -0.25) is 28.8 Å². The normalized spacial score (nSPS) is 14.0. The molecular formula is C37H53N5O9. The molecule has 0 aliphatic heterocycles. The Bertz CT molecular complexity index is 1450. The van der Waals surface area contributed by atoms with Crippen LogP contribution in [0.25, 0.3) is 0 Å². The number of aliphatic hydroxyl groups is 1. The number of aromatic hydroxyl groups is 2. The number of phenols is 2. The molecule has 0 fully saturated rings. The van der Waals surface area contributed by atoms with E-state index < -0.39 is 66.5 Å². The molecule has 14 nitrogen and oxygen atoms in total. The van der Waals surface area contributed by atoms with Gasteiger partial charge in [-0.2, -0.15) is 0 Å². The number of primary amides is 1. The zero-order valence-electron chi connectivity index (χ0n) is 29.4. The van der Waals surface area contributed by atoms with Gasteiger partial charge >= 0.3 is 0 Å². The summed E-state index contributed by atoms with van der Waals surface area (Å²) in [7, 11) is 0. The number of hydrogen-bond acceptors (Lipinski definition) is 10. The van der Waals surface area contributed by atoms with E-state index in [1.165, 1.54) is 31.2 Å². The van der Waals surface area contributed by atoms with Crippen LogP contribution in [0.4, 0.5) is 0 Å². The lowest BCUT2D eigenvalue weighted by molar-refractivity contribution is -0.135. The van der Waals surface area contributed by atoms with E-state index in [1.54, 1.807) is 24.3 Å². The quantitative estimate of drug-likeness (QED) is 0.0725. The van der Waals surface area contributed by atoms with Crippen molar-refractivity contribution >= 4 is 35.2 Å². The zero-order chi connectivity index (χ0) is 37.9. The molecule has 280 valence electrons. The number of benzene rings is 2. The Morgan fingerprint density at radius 2 is 1.14 bits per heavy atom. The number of Topliss-reactive ketones (excluding diaryl/α,β-unsaturated/α-hetero) is 2. The molecule has 5 atom stereocenters. The van der Waals surface area contributed by atoms with Gasteiger partial charge in [-0.25, -0.2) is 0 Å². The van der Waals surface area contributed by atoms with Crippen molar-refractivity contribution in [3.63, 3.8) is 0 Å². The Labute approximate surface area is 298 Å². The third-order valence-corrected chi connectivity index (χ3v) is 8.58. The summed E-state index contributed by atoms with van der Waals surface area (Å²) < 4.78 is 0. The van der Waals surface area contributed by atoms with Crippen LogP contribution in [0.5, 0.6) is 11.5 Å². The number of aliphatic hydroxyl groups excluding tert-OH is 1. The van der Waals surface area contributed by atoms with Gasteiger partial charge in [0, 0.05) is 32.1 Å². The number of amides is 4. The summed E-state index contributed by atoms with van der Waals surface area (Å²) in [4.78, 5) is 78.3. The van der Waals surface area contributed by atoms with Crippen LogP contribution in [0.15, 0.2) is 48.5 Å². The lowest BCUT2D eigenvalue weighted by Crippen LogP contribution is -2.50. The van der Waals surface area contributed by atoms with Gasteiger partial charge in [-0.15, -0.1) is 0 Å². The van der Waals surface area contributed by atoms with Crippen molar-refractivity contribution in [3.05, 3.63) is 59.7 Å². The van der Waals surface area contributed by atoms with Gasteiger partial charge in [0.1, 0.15) is 17.5 Å². The Kier molecular flexibility index (Phi) is 18.3. The van der Waals surface area contributed by atoms with Crippen LogP contribution in [-0.4, -0.2) is 81.8 Å². The zero-order valence-corrected chi connectivity index (χ0v) is 29.4. The largest absolute Gasteiger partial charge is 0.508 e. The van der Waals surface area contributed by atoms with Gasteiger partial charge in [-0.1, -0.05) is 44.0 Å². The molecular weight excluding hydrogens is 658 g/mol. The molecule has 14 heteroatoms. The predicted molar refractivity (Wildman–Crippen MR) is 190 cm³/mol. The van der Waals surface area contributed by atoms with Crippen LogP contribution in [0, 0.1) is 11.8 Å². The summed E-state index contributed by atoms with van der Waals surface area (Å²) >= 11 is 0. The number of nitrogens with one attached hydrogen (secondary N) is 3. The monoisotopic (exact) mass is 711 g/mol. The molecule has 0 aliphatic rings. The maximum atomic E-state index is 13.9. The molecule has 2 aromatic rings. The fraction of sp³-hybridized carbons (Fsp3) is 0.514. The highest BCUT2D eigenvalue weighted by Crippen LogP contribution is 2.20. The third kappa shape index (κ3) is 15.3. The molecule has 0 aliphatic carbocycles. The molecule has 2 rings (SSSR count). The van der Waals surface area contributed by atoms with E-state index in [1.807, 2.05) is 6.92 Å². The molecule has 0 saturated heterocycles. The van der Waals surface area contributed by atoms with Crippen LogP contribution < -0.4 is 27.4 Å². The Morgan fingerprint density at radius 3 is 1.63 bits per heavy atom. The summed E-state index contributed by atoms with van der Waals surface area (Å²) in [5.41, 5.74) is 12.5. The Balaban J connectivity index is 2.27. The van der Waals surface area contributed by atoms with Gasteiger partial charge in [0.05, 0.1) is 24.6 Å². The number of carbonyl (C=O) groups excluding carboxylic acids is 6. The van der Waals surface area contributed by atoms with Crippen LogP contribution in [-0.2, 0) is 41.6 Å². The summed E-state index contributed by atoms with van der Waals surface area (Å²) in [6.45, 7) is 2.88. The Hall–Kier alpha value is -4.82. The fourth-order valence-electron chi connectivity index (χ4n) is 5.63. The van der Waals surface area contributed by atoms with E-state index in [4.69, 9.17) is 11.5 Å². The number of carbonyl (C=O) groups is 6. The fourth-order valence-corrected chi connectivity index (χ4v) is 5.63. The topological polar surface area (TPSA) is 251 Å². The first-order valence-corrected chi connectivity index (χ1v) is 17.4. The van der Waals surface area contributed by atoms with Crippen LogP contribution in [0.1, 0.15) is 76.3 Å². The number of rotatable bonds is 24. The molecule has 10 N–H and O–H groups in total. The predicted octanol–water partition coefficient (Wildman–Crippen LogP) is 1.30. The van der Waals surface area contributed by atoms with Crippen LogP contribution >= 0.6 is 0 Å². The minimum Gasteiger partial charge on any atom is -0.508 e. The summed E-state index contributed by atoms with van der Waals surface area (Å²) in [6, 6.07) is 9.09. The van der Waals surface area contributed by atoms with Crippen molar-refractivity contribution in [1.29, 1.82) is 0 Å². The number of nitrogens with two attached hydrogens (primary N) is 2. The summed E-state index contributed by atoms with van der Waals surface area (Å²) in [5, 5.41) is 37.3. The molecule has 51 heavy (non-hydrogen) atoms. The minimum atomic E-state index is -1.26. The van der Waals surface area contributed by atoms with Gasteiger partial charge in [0.25, 0.3) is 0 Å². The smallest absolute Gasteiger partial charge is 0.240 e. The lowest BCUT2D eigenvalue weighted by Gasteiger charge is -2.25. The highest BCUT2D eigenvalue weighted by Gasteiger charge is 2.32. The average Bonchev–Trinajstić information content (AvgIpc) is 3.09. The van der Waals surface area contributed by atoms with E-state index in [2.05, 4.69) is 16.0 Å². The van der Waals surface area contributed by atoms with Gasteiger partial charge in [0.2, 0.25) is 23.6 Å². The molecule has 0 radical (unpaired) electrons. The van der Waals surface area contributed by atoms with Crippen molar-refractivity contribution in [2.24, 2.45) is 23.3 Å². The van der Waals surface area contributed by atoms with E-state index in [0.717, 1.165) is 6.42 Å². The van der Waals surface area contributed by atoms with Crippen molar-refractivity contribution in [2.75, 3.05) is 13.2 Å². The van der Waals surface area contributed by atoms with Gasteiger partial charge < -0.3 is 42.7 Å². The van der Waals surface area contributed by atoms with Crippen molar-refractivity contribution < 1.29 is 44.1 Å². The van der Waals surface area contributed by atoms with E-state index in [9.17, 15) is 44.1 Å². The highest BCUT2D eigenvalue weighted by atomic mass is 16.3. The molecule has 4 amide bonds. The van der Waals surface area contributed by atoms with Crippen molar-refractivity contribution in [2.45, 2.75) is 96.2 Å². The molecule has 1 unspecified atom stereocenters. The molecule has 0 spiro atoms. The van der Waals surface area contributed by atoms with Gasteiger partial charge in [-0.05, 0) is 74.0 Å². The Morgan fingerprint density at radius 1 is 0.667 bits per heavy atom. The van der Waals surface area contributed by atoms with E-state index in [0.29, 0.717) is 43.4 Å². The molecule has 2 aromatic carbocycles. The van der Waals surface area contributed by atoms with E-state index in [-0.39, 0.29) is 48.9 Å². The van der Waals surface area contributed by atoms with Crippen LogP contribution in [0.2, 0.25) is 0 Å². The van der Waals surface area contributed by atoms with Crippen molar-refractivity contribution in [3.8, 4) is 11.5 Å². The second-order valence-corrected chi connectivity index (χ2v) is 12.9. The average molecular weight is 712 g/mol. The third-order valence-electron chi connectivity index (χ3n) is 8.58. The minimum absolute atomic E-state index is 0.00754. The molecule has 0 heterocycles. The molecule has 0 bridgehead atoms. The first-order valence-electron chi connectivity index (χ1n) is 17.4. The van der Waals surface area contributed by atoms with Gasteiger partial charge in [0.15, 0.2) is 11.6 Å². The first kappa shape index (κ1) is 42.3. The number of hydrogen-bond donors (Lipinski definition) is 8. The SMILES string of the molecule is CCCC[C@H](NC(C)=O)C(=O)C[C@H](Cc1ccc(O)cc1)C(=O)N[C@H](CCCCN)C(=O)C[C@H](CO)C(=O)NC(Cc1ccc(O)cc1)C(N)=O. The molecule has 0 saturated carbocycles. The van der Waals surface area contributed by atoms with Crippen LogP contribution in [0.3, 0.4) is 0 Å². The first-order chi connectivity index (χ1) is 24.3. The van der Waals surface area contributed by atoms with Crippen molar-refractivity contribution in [1.82, 2.24) is 16.0 Å². The number of unbranched alkanes of at least 4 members (excludes halogenated alkanes) is 2. The lowest BCUT2D eigenvalue weighted by atomic mass is 9.89. The number of phenolic OH excluding ortho intramolecular Hbond substituents is 2. The maximum Gasteiger partial charge on any atom is 0.240 e.